The van der Waals surface area contributed by atoms with E-state index >= 15 is 0 Å². The average Bonchev–Trinajstić information content (AvgIpc) is 3.05. The van der Waals surface area contributed by atoms with Crippen LogP contribution in [0, 0.1) is 0 Å². The molecule has 0 bridgehead atoms. The van der Waals surface area contributed by atoms with E-state index < -0.39 is 5.60 Å². The first kappa shape index (κ1) is 15.3. The molecule has 3 heterocycles. The normalized spacial score (nSPS) is 23.5. The first-order chi connectivity index (χ1) is 11.7. The fourth-order valence-corrected chi connectivity index (χ4v) is 4.10. The van der Waals surface area contributed by atoms with E-state index in [1.807, 2.05) is 29.2 Å². The summed E-state index contributed by atoms with van der Waals surface area (Å²) in [5.74, 6) is 0.778. The minimum absolute atomic E-state index is 0.0316. The number of nitrogens with zero attached hydrogens (tertiary/aromatic N) is 2. The van der Waals surface area contributed by atoms with Gasteiger partial charge in [0.15, 0.2) is 5.78 Å². The van der Waals surface area contributed by atoms with Gasteiger partial charge in [-0.25, -0.2) is 4.98 Å². The number of hydrogen-bond donors (Lipinski definition) is 0. The van der Waals surface area contributed by atoms with Crippen LogP contribution in [-0.4, -0.2) is 40.3 Å². The molecule has 1 aromatic heterocycles. The summed E-state index contributed by atoms with van der Waals surface area (Å²) >= 11 is 1.42. The van der Waals surface area contributed by atoms with Crippen LogP contribution in [0.25, 0.3) is 0 Å². The molecule has 1 unspecified atom stereocenters. The molecule has 2 aliphatic rings. The Hall–Kier alpha value is -2.21. The number of amides is 1. The third-order valence-corrected chi connectivity index (χ3v) is 5.42. The fraction of sp³-hybridized carbons (Fsp3) is 0.389. The number of benzene rings is 1. The summed E-state index contributed by atoms with van der Waals surface area (Å²) in [6.45, 7) is 1.27. The van der Waals surface area contributed by atoms with Crippen LogP contribution < -0.4 is 4.74 Å². The average molecular weight is 342 g/mol. The molecule has 0 aliphatic carbocycles. The van der Waals surface area contributed by atoms with E-state index in [0.717, 1.165) is 12.8 Å². The van der Waals surface area contributed by atoms with Crippen LogP contribution in [0.3, 0.4) is 0 Å². The molecular weight excluding hydrogens is 324 g/mol. The lowest BCUT2D eigenvalue weighted by molar-refractivity contribution is 0.0300. The molecule has 1 saturated heterocycles. The number of Topliss-reactive ketones (excluding diaryl/α,β-unsaturated/α-hetero) is 1. The number of ether oxygens (including phenoxy) is 1. The highest BCUT2D eigenvalue weighted by Crippen LogP contribution is 2.39. The van der Waals surface area contributed by atoms with Gasteiger partial charge in [0.1, 0.15) is 17.0 Å². The van der Waals surface area contributed by atoms with Gasteiger partial charge in [0.05, 0.1) is 17.5 Å². The summed E-state index contributed by atoms with van der Waals surface area (Å²) < 4.78 is 6.26. The molecule has 2 aromatic rings. The van der Waals surface area contributed by atoms with Crippen molar-refractivity contribution in [2.75, 3.05) is 13.1 Å². The zero-order chi connectivity index (χ0) is 16.6. The van der Waals surface area contributed by atoms with Crippen LogP contribution in [0.2, 0.25) is 0 Å². The number of hydrogen-bond acceptors (Lipinski definition) is 5. The maximum atomic E-state index is 12.5. The summed E-state index contributed by atoms with van der Waals surface area (Å²) in [6, 6.07) is 7.43. The summed E-state index contributed by atoms with van der Waals surface area (Å²) in [7, 11) is 0. The molecule has 1 fully saturated rings. The molecule has 5 nitrogen and oxygen atoms in total. The Balaban J connectivity index is 1.53. The summed E-state index contributed by atoms with van der Waals surface area (Å²) in [5, 5.41) is 1.78. The molecule has 2 aliphatic heterocycles. The van der Waals surface area contributed by atoms with Gasteiger partial charge in [-0.05, 0) is 25.0 Å². The smallest absolute Gasteiger partial charge is 0.273 e. The standard InChI is InChI=1S/C18H18N2O3S/c21-15-10-18(23-16-5-2-1-4-13(15)16)6-3-8-20(9-7-18)17(22)14-11-24-12-19-14/h1-2,4-5,11-12H,3,6-10H2. The Morgan fingerprint density at radius 1 is 1.25 bits per heavy atom. The van der Waals surface area contributed by atoms with Crippen molar-refractivity contribution in [3.63, 3.8) is 0 Å². The minimum atomic E-state index is -0.484. The topological polar surface area (TPSA) is 59.5 Å². The van der Waals surface area contributed by atoms with Crippen LogP contribution >= 0.6 is 11.3 Å². The Morgan fingerprint density at radius 3 is 2.96 bits per heavy atom. The van der Waals surface area contributed by atoms with Crippen LogP contribution in [0.1, 0.15) is 46.5 Å². The summed E-state index contributed by atoms with van der Waals surface area (Å²) in [5.41, 5.74) is 2.36. The SMILES string of the molecule is O=C1CC2(CCCN(C(=O)c3cscn3)CC2)Oc2ccccc21. The third kappa shape index (κ3) is 2.71. The van der Waals surface area contributed by atoms with E-state index in [1.165, 1.54) is 11.3 Å². The first-order valence-corrected chi connectivity index (χ1v) is 9.10. The predicted octanol–water partition coefficient (Wildman–Crippen LogP) is 3.17. The number of aromatic nitrogens is 1. The maximum Gasteiger partial charge on any atom is 0.273 e. The van der Waals surface area contributed by atoms with Gasteiger partial charge >= 0.3 is 0 Å². The van der Waals surface area contributed by atoms with Crippen molar-refractivity contribution in [1.82, 2.24) is 9.88 Å². The quantitative estimate of drug-likeness (QED) is 0.799. The molecule has 1 aromatic carbocycles. The van der Waals surface area contributed by atoms with Crippen molar-refractivity contribution in [3.05, 3.63) is 46.4 Å². The van der Waals surface area contributed by atoms with Crippen molar-refractivity contribution in [2.45, 2.75) is 31.3 Å². The van der Waals surface area contributed by atoms with E-state index in [-0.39, 0.29) is 11.7 Å². The highest BCUT2D eigenvalue weighted by atomic mass is 32.1. The monoisotopic (exact) mass is 342 g/mol. The highest BCUT2D eigenvalue weighted by molar-refractivity contribution is 7.07. The molecular formula is C18H18N2O3S. The van der Waals surface area contributed by atoms with Crippen molar-refractivity contribution < 1.29 is 14.3 Å². The van der Waals surface area contributed by atoms with Crippen LogP contribution in [0.5, 0.6) is 5.75 Å². The Morgan fingerprint density at radius 2 is 2.12 bits per heavy atom. The molecule has 0 saturated carbocycles. The molecule has 24 heavy (non-hydrogen) atoms. The predicted molar refractivity (Wildman–Crippen MR) is 90.6 cm³/mol. The van der Waals surface area contributed by atoms with Crippen LogP contribution in [-0.2, 0) is 0 Å². The van der Waals surface area contributed by atoms with Gasteiger partial charge in [0.2, 0.25) is 0 Å². The zero-order valence-corrected chi connectivity index (χ0v) is 14.1. The Kier molecular flexibility index (Phi) is 3.84. The lowest BCUT2D eigenvalue weighted by Crippen LogP contribution is -2.43. The van der Waals surface area contributed by atoms with E-state index in [1.54, 1.807) is 10.9 Å². The van der Waals surface area contributed by atoms with Gasteiger partial charge in [-0.1, -0.05) is 12.1 Å². The second-order valence-corrected chi connectivity index (χ2v) is 7.12. The van der Waals surface area contributed by atoms with E-state index in [4.69, 9.17) is 4.74 Å². The van der Waals surface area contributed by atoms with Crippen molar-refractivity contribution in [1.29, 1.82) is 0 Å². The largest absolute Gasteiger partial charge is 0.486 e. The molecule has 6 heteroatoms. The van der Waals surface area contributed by atoms with Gasteiger partial charge in [0.25, 0.3) is 5.91 Å². The highest BCUT2D eigenvalue weighted by Gasteiger charge is 2.42. The maximum absolute atomic E-state index is 12.5. The number of likely N-dealkylation sites (tertiary alicyclic amines) is 1. The summed E-state index contributed by atoms with van der Waals surface area (Å²) in [6.07, 6.45) is 2.67. The number of rotatable bonds is 1. The molecule has 4 rings (SSSR count). The second kappa shape index (κ2) is 6.02. The Labute approximate surface area is 144 Å². The van der Waals surface area contributed by atoms with E-state index in [9.17, 15) is 9.59 Å². The van der Waals surface area contributed by atoms with Gasteiger partial charge < -0.3 is 9.64 Å². The zero-order valence-electron chi connectivity index (χ0n) is 13.2. The third-order valence-electron chi connectivity index (χ3n) is 4.83. The molecule has 0 radical (unpaired) electrons. The van der Waals surface area contributed by atoms with Gasteiger partial charge in [0, 0.05) is 24.9 Å². The Bertz CT molecular complexity index is 774. The van der Waals surface area contributed by atoms with Crippen LogP contribution in [0.15, 0.2) is 35.2 Å². The van der Waals surface area contributed by atoms with E-state index in [0.29, 0.717) is 42.9 Å². The molecule has 1 amide bonds. The van der Waals surface area contributed by atoms with Crippen molar-refractivity contribution in [2.24, 2.45) is 0 Å². The molecule has 0 N–H and O–H groups in total. The number of ketones is 1. The molecule has 1 spiro atoms. The number of thiazole rings is 1. The van der Waals surface area contributed by atoms with Crippen molar-refractivity contribution in [3.8, 4) is 5.75 Å². The lowest BCUT2D eigenvalue weighted by Gasteiger charge is -2.37. The van der Waals surface area contributed by atoms with Crippen molar-refractivity contribution >= 4 is 23.0 Å². The van der Waals surface area contributed by atoms with Crippen LogP contribution in [0.4, 0.5) is 0 Å². The van der Waals surface area contributed by atoms with Gasteiger partial charge in [-0.15, -0.1) is 11.3 Å². The van der Waals surface area contributed by atoms with E-state index in [2.05, 4.69) is 4.98 Å². The second-order valence-electron chi connectivity index (χ2n) is 6.40. The summed E-state index contributed by atoms with van der Waals surface area (Å²) in [4.78, 5) is 31.0. The number of para-hydroxylation sites is 1. The number of fused-ring (bicyclic) bond motifs is 1. The fourth-order valence-electron chi connectivity index (χ4n) is 3.57. The van der Waals surface area contributed by atoms with Gasteiger partial charge in [-0.3, -0.25) is 9.59 Å². The minimum Gasteiger partial charge on any atom is -0.486 e. The number of carbonyl (C=O) groups is 2. The lowest BCUT2D eigenvalue weighted by atomic mass is 9.84. The molecule has 1 atom stereocenters. The molecule has 124 valence electrons. The first-order valence-electron chi connectivity index (χ1n) is 8.16. The van der Waals surface area contributed by atoms with Gasteiger partial charge in [-0.2, -0.15) is 0 Å². The number of carbonyl (C=O) groups excluding carboxylic acids is 2.